The molecular formula is C15H25Cl2N3O. The summed E-state index contributed by atoms with van der Waals surface area (Å²) in [6.07, 6.45) is 5.13. The summed E-state index contributed by atoms with van der Waals surface area (Å²) in [5, 5.41) is 2.85. The summed E-state index contributed by atoms with van der Waals surface area (Å²) < 4.78 is 0. The summed E-state index contributed by atoms with van der Waals surface area (Å²) in [7, 11) is 0. The van der Waals surface area contributed by atoms with Crippen LogP contribution in [0.25, 0.3) is 0 Å². The van der Waals surface area contributed by atoms with Crippen LogP contribution in [0.3, 0.4) is 0 Å². The van der Waals surface area contributed by atoms with E-state index in [9.17, 15) is 4.79 Å². The lowest BCUT2D eigenvalue weighted by Crippen LogP contribution is -2.32. The van der Waals surface area contributed by atoms with Crippen LogP contribution in [0.1, 0.15) is 32.6 Å². The highest BCUT2D eigenvalue weighted by Gasteiger charge is 2.11. The molecule has 1 heterocycles. The van der Waals surface area contributed by atoms with Crippen molar-refractivity contribution in [3.05, 3.63) is 24.3 Å². The van der Waals surface area contributed by atoms with Gasteiger partial charge in [0.2, 0.25) is 5.91 Å². The predicted octanol–water partition coefficient (Wildman–Crippen LogP) is 3.20. The van der Waals surface area contributed by atoms with Crippen molar-refractivity contribution in [1.82, 2.24) is 0 Å². The number of benzene rings is 1. The van der Waals surface area contributed by atoms with Crippen LogP contribution in [0.2, 0.25) is 0 Å². The Labute approximate surface area is 139 Å². The summed E-state index contributed by atoms with van der Waals surface area (Å²) in [6.45, 7) is 3.89. The number of amides is 1. The van der Waals surface area contributed by atoms with E-state index in [1.54, 1.807) is 6.92 Å². The normalized spacial score (nSPS) is 16.0. The number of rotatable bonds is 3. The Kier molecular flexibility index (Phi) is 9.42. The second-order valence-electron chi connectivity index (χ2n) is 5.23. The quantitative estimate of drug-likeness (QED) is 0.892. The van der Waals surface area contributed by atoms with Gasteiger partial charge in [-0.3, -0.25) is 4.79 Å². The largest absolute Gasteiger partial charge is 0.371 e. The predicted molar refractivity (Wildman–Crippen MR) is 93.9 cm³/mol. The van der Waals surface area contributed by atoms with E-state index in [2.05, 4.69) is 16.3 Å². The Bertz CT molecular complexity index is 433. The third-order valence-electron chi connectivity index (χ3n) is 3.50. The average molecular weight is 334 g/mol. The molecule has 1 aromatic rings. The highest BCUT2D eigenvalue weighted by molar-refractivity contribution is 5.94. The fourth-order valence-electron chi connectivity index (χ4n) is 2.37. The van der Waals surface area contributed by atoms with Crippen molar-refractivity contribution in [3.63, 3.8) is 0 Å². The molecule has 6 heteroatoms. The molecule has 1 aromatic carbocycles. The van der Waals surface area contributed by atoms with Gasteiger partial charge >= 0.3 is 0 Å². The number of halogens is 2. The van der Waals surface area contributed by atoms with Crippen molar-refractivity contribution in [1.29, 1.82) is 0 Å². The van der Waals surface area contributed by atoms with Gasteiger partial charge in [-0.05, 0) is 38.0 Å². The molecule has 0 radical (unpaired) electrons. The first-order valence-corrected chi connectivity index (χ1v) is 7.08. The van der Waals surface area contributed by atoms with Crippen LogP contribution in [0, 0.1) is 0 Å². The van der Waals surface area contributed by atoms with Crippen molar-refractivity contribution >= 4 is 42.1 Å². The zero-order chi connectivity index (χ0) is 13.7. The van der Waals surface area contributed by atoms with E-state index in [-0.39, 0.29) is 30.7 Å². The van der Waals surface area contributed by atoms with Gasteiger partial charge in [-0.1, -0.05) is 18.9 Å². The molecule has 1 saturated heterocycles. The molecule has 0 spiro atoms. The molecule has 1 amide bonds. The Hall–Kier alpha value is -0.970. The number of nitrogens with one attached hydrogen (secondary N) is 1. The molecule has 0 aromatic heterocycles. The summed E-state index contributed by atoms with van der Waals surface area (Å²) >= 11 is 0. The van der Waals surface area contributed by atoms with Gasteiger partial charge in [-0.15, -0.1) is 24.8 Å². The van der Waals surface area contributed by atoms with Crippen LogP contribution in [-0.2, 0) is 4.79 Å². The molecule has 21 heavy (non-hydrogen) atoms. The first kappa shape index (κ1) is 20.0. The molecule has 1 atom stereocenters. The van der Waals surface area contributed by atoms with E-state index < -0.39 is 6.04 Å². The van der Waals surface area contributed by atoms with Crippen molar-refractivity contribution in [2.24, 2.45) is 5.73 Å². The lowest BCUT2D eigenvalue weighted by Gasteiger charge is -2.23. The maximum atomic E-state index is 11.6. The first-order valence-electron chi connectivity index (χ1n) is 7.08. The zero-order valence-electron chi connectivity index (χ0n) is 12.4. The molecular weight excluding hydrogens is 309 g/mol. The second-order valence-corrected chi connectivity index (χ2v) is 5.23. The minimum Gasteiger partial charge on any atom is -0.371 e. The topological polar surface area (TPSA) is 58.4 Å². The van der Waals surface area contributed by atoms with E-state index >= 15 is 0 Å². The van der Waals surface area contributed by atoms with Crippen LogP contribution in [0.15, 0.2) is 24.3 Å². The van der Waals surface area contributed by atoms with Crippen LogP contribution in [0.5, 0.6) is 0 Å². The highest BCUT2D eigenvalue weighted by atomic mass is 35.5. The molecule has 0 aliphatic carbocycles. The molecule has 3 N–H and O–H groups in total. The highest BCUT2D eigenvalue weighted by Crippen LogP contribution is 2.22. The van der Waals surface area contributed by atoms with Gasteiger partial charge in [0, 0.05) is 24.5 Å². The van der Waals surface area contributed by atoms with Gasteiger partial charge in [-0.25, -0.2) is 0 Å². The van der Waals surface area contributed by atoms with Gasteiger partial charge in [0.1, 0.15) is 0 Å². The van der Waals surface area contributed by atoms with Gasteiger partial charge in [0.25, 0.3) is 0 Å². The zero-order valence-corrected chi connectivity index (χ0v) is 14.0. The minimum absolute atomic E-state index is 0. The lowest BCUT2D eigenvalue weighted by atomic mass is 10.2. The standard InChI is InChI=1S/C15H23N3O.2ClH/c1-12(16)15(19)17-13-7-6-8-14(11-13)18-9-4-2-3-5-10-18;;/h6-8,11-12H,2-5,9-10,16H2,1H3,(H,17,19);2*1H/t12-;;/m1../s1. The van der Waals surface area contributed by atoms with Crippen molar-refractivity contribution in [2.75, 3.05) is 23.3 Å². The molecule has 120 valence electrons. The smallest absolute Gasteiger partial charge is 0.240 e. The molecule has 4 nitrogen and oxygen atoms in total. The monoisotopic (exact) mass is 333 g/mol. The molecule has 1 fully saturated rings. The van der Waals surface area contributed by atoms with E-state index in [0.717, 1.165) is 18.8 Å². The number of nitrogens with zero attached hydrogens (tertiary/aromatic N) is 1. The molecule has 1 aliphatic rings. The van der Waals surface area contributed by atoms with Crippen LogP contribution in [-0.4, -0.2) is 25.0 Å². The number of anilines is 2. The Morgan fingerprint density at radius 1 is 1.19 bits per heavy atom. The number of hydrogen-bond acceptors (Lipinski definition) is 3. The van der Waals surface area contributed by atoms with Gasteiger partial charge in [0.05, 0.1) is 6.04 Å². The molecule has 0 saturated carbocycles. The van der Waals surface area contributed by atoms with Crippen molar-refractivity contribution < 1.29 is 4.79 Å². The number of hydrogen-bond donors (Lipinski definition) is 2. The Morgan fingerprint density at radius 3 is 2.38 bits per heavy atom. The average Bonchev–Trinajstić information content (AvgIpc) is 2.67. The lowest BCUT2D eigenvalue weighted by molar-refractivity contribution is -0.117. The van der Waals surface area contributed by atoms with Crippen LogP contribution in [0.4, 0.5) is 11.4 Å². The fourth-order valence-corrected chi connectivity index (χ4v) is 2.37. The maximum Gasteiger partial charge on any atom is 0.240 e. The van der Waals surface area contributed by atoms with Crippen molar-refractivity contribution in [3.8, 4) is 0 Å². The Balaban J connectivity index is 0.00000200. The Morgan fingerprint density at radius 2 is 1.81 bits per heavy atom. The summed E-state index contributed by atoms with van der Waals surface area (Å²) in [6, 6.07) is 7.54. The second kappa shape index (κ2) is 9.87. The summed E-state index contributed by atoms with van der Waals surface area (Å²) in [5.74, 6) is -0.145. The third-order valence-corrected chi connectivity index (χ3v) is 3.50. The molecule has 0 bridgehead atoms. The third kappa shape index (κ3) is 6.12. The minimum atomic E-state index is -0.484. The maximum absolute atomic E-state index is 11.6. The summed E-state index contributed by atoms with van der Waals surface area (Å²) in [5.41, 5.74) is 7.57. The van der Waals surface area contributed by atoms with Gasteiger partial charge in [0.15, 0.2) is 0 Å². The number of carbonyl (C=O) groups excluding carboxylic acids is 1. The van der Waals surface area contributed by atoms with Crippen molar-refractivity contribution in [2.45, 2.75) is 38.6 Å². The molecule has 0 unspecified atom stereocenters. The van der Waals surface area contributed by atoms with Crippen LogP contribution < -0.4 is 16.0 Å². The number of nitrogens with two attached hydrogens (primary N) is 1. The van der Waals surface area contributed by atoms with E-state index in [1.165, 1.54) is 31.4 Å². The van der Waals surface area contributed by atoms with Gasteiger partial charge in [-0.2, -0.15) is 0 Å². The first-order chi connectivity index (χ1) is 9.16. The van der Waals surface area contributed by atoms with E-state index in [0.29, 0.717) is 0 Å². The van der Waals surface area contributed by atoms with E-state index in [1.807, 2.05) is 18.2 Å². The van der Waals surface area contributed by atoms with E-state index in [4.69, 9.17) is 5.73 Å². The molecule has 1 aliphatic heterocycles. The summed E-state index contributed by atoms with van der Waals surface area (Å²) in [4.78, 5) is 14.0. The number of carbonyl (C=O) groups is 1. The van der Waals surface area contributed by atoms with Gasteiger partial charge < -0.3 is 16.0 Å². The SMILES string of the molecule is C[C@@H](N)C(=O)Nc1cccc(N2CCCCCC2)c1.Cl.Cl. The molecule has 2 rings (SSSR count). The van der Waals surface area contributed by atoms with Crippen LogP contribution >= 0.6 is 24.8 Å². The fraction of sp³-hybridized carbons (Fsp3) is 0.533.